The predicted molar refractivity (Wildman–Crippen MR) is 71.7 cm³/mol. The number of nitrogens with zero attached hydrogens (tertiary/aromatic N) is 3. The van der Waals surface area contributed by atoms with Crippen LogP contribution in [0.2, 0.25) is 0 Å². The van der Waals surface area contributed by atoms with E-state index in [1.54, 1.807) is 18.9 Å². The summed E-state index contributed by atoms with van der Waals surface area (Å²) in [7, 11) is 1.61. The lowest BCUT2D eigenvalue weighted by Gasteiger charge is -2.16. The molecule has 104 valence electrons. The van der Waals surface area contributed by atoms with Gasteiger partial charge < -0.3 is 14.2 Å². The van der Waals surface area contributed by atoms with E-state index >= 15 is 0 Å². The first-order valence-electron chi connectivity index (χ1n) is 6.42. The summed E-state index contributed by atoms with van der Waals surface area (Å²) in [6, 6.07) is 7.45. The number of hydrogen-bond donors (Lipinski definition) is 0. The van der Waals surface area contributed by atoms with Gasteiger partial charge in [-0.3, -0.25) is 4.79 Å². The number of aromatic nitrogens is 2. The molecule has 0 N–H and O–H groups in total. The first-order valence-corrected chi connectivity index (χ1v) is 6.42. The third-order valence-electron chi connectivity index (χ3n) is 3.38. The number of anilines is 1. The van der Waals surface area contributed by atoms with Crippen LogP contribution in [-0.4, -0.2) is 29.7 Å². The van der Waals surface area contributed by atoms with Gasteiger partial charge in [0.15, 0.2) is 5.82 Å². The maximum absolute atomic E-state index is 12.2. The zero-order valence-electron chi connectivity index (χ0n) is 11.4. The number of ether oxygens (including phenoxy) is 1. The van der Waals surface area contributed by atoms with Crippen molar-refractivity contribution in [2.45, 2.75) is 19.3 Å². The van der Waals surface area contributed by atoms with E-state index in [0.717, 1.165) is 11.4 Å². The molecule has 6 nitrogen and oxygen atoms in total. The molecular formula is C14H15N3O3. The zero-order valence-corrected chi connectivity index (χ0v) is 11.4. The molecule has 1 aromatic carbocycles. The first kappa shape index (κ1) is 12.7. The highest BCUT2D eigenvalue weighted by Gasteiger charge is 2.35. The Morgan fingerprint density at radius 2 is 2.30 bits per heavy atom. The van der Waals surface area contributed by atoms with Crippen molar-refractivity contribution in [3.8, 4) is 5.75 Å². The number of benzene rings is 1. The molecule has 3 rings (SSSR count). The van der Waals surface area contributed by atoms with E-state index < -0.39 is 0 Å². The van der Waals surface area contributed by atoms with E-state index in [4.69, 9.17) is 9.26 Å². The number of carbonyl (C=O) groups excluding carboxylic acids is 1. The van der Waals surface area contributed by atoms with Crippen molar-refractivity contribution in [1.82, 2.24) is 10.1 Å². The topological polar surface area (TPSA) is 68.5 Å². The van der Waals surface area contributed by atoms with Crippen LogP contribution >= 0.6 is 0 Å². The average Bonchev–Trinajstić information content (AvgIpc) is 3.05. The van der Waals surface area contributed by atoms with Gasteiger partial charge >= 0.3 is 0 Å². The quantitative estimate of drug-likeness (QED) is 0.854. The largest absolute Gasteiger partial charge is 0.497 e. The maximum atomic E-state index is 12.2. The molecule has 6 heteroatoms. The highest BCUT2D eigenvalue weighted by molar-refractivity contribution is 5.96. The highest BCUT2D eigenvalue weighted by Crippen LogP contribution is 2.32. The van der Waals surface area contributed by atoms with Crippen LogP contribution in [-0.2, 0) is 4.79 Å². The van der Waals surface area contributed by atoms with E-state index in [1.165, 1.54) is 0 Å². The van der Waals surface area contributed by atoms with Gasteiger partial charge in [0.05, 0.1) is 13.0 Å². The normalized spacial score (nSPS) is 18.6. The van der Waals surface area contributed by atoms with Crippen LogP contribution in [0.25, 0.3) is 0 Å². The van der Waals surface area contributed by atoms with Crippen molar-refractivity contribution in [1.29, 1.82) is 0 Å². The molecular weight excluding hydrogens is 258 g/mol. The molecule has 1 amide bonds. The highest BCUT2D eigenvalue weighted by atomic mass is 16.5. The van der Waals surface area contributed by atoms with Gasteiger partial charge in [0.2, 0.25) is 11.8 Å². The lowest BCUT2D eigenvalue weighted by molar-refractivity contribution is -0.117. The molecule has 0 radical (unpaired) electrons. The number of rotatable bonds is 3. The zero-order chi connectivity index (χ0) is 14.1. The van der Waals surface area contributed by atoms with Gasteiger partial charge in [-0.15, -0.1) is 0 Å². The number of amides is 1. The molecule has 1 saturated heterocycles. The summed E-state index contributed by atoms with van der Waals surface area (Å²) in [5.41, 5.74) is 0.827. The SMILES string of the molecule is COc1cccc(N2C[C@@H](c3nc(C)no3)CC2=O)c1. The first-order chi connectivity index (χ1) is 9.67. The number of hydrogen-bond acceptors (Lipinski definition) is 5. The van der Waals surface area contributed by atoms with Gasteiger partial charge in [0.1, 0.15) is 5.75 Å². The lowest BCUT2D eigenvalue weighted by atomic mass is 10.1. The van der Waals surface area contributed by atoms with Crippen molar-refractivity contribution >= 4 is 11.6 Å². The van der Waals surface area contributed by atoms with E-state index in [0.29, 0.717) is 24.7 Å². The van der Waals surface area contributed by atoms with Crippen LogP contribution in [0.15, 0.2) is 28.8 Å². The summed E-state index contributed by atoms with van der Waals surface area (Å²) >= 11 is 0. The third kappa shape index (κ3) is 2.24. The van der Waals surface area contributed by atoms with Gasteiger partial charge in [-0.25, -0.2) is 0 Å². The molecule has 0 saturated carbocycles. The van der Waals surface area contributed by atoms with Crippen molar-refractivity contribution < 1.29 is 14.1 Å². The van der Waals surface area contributed by atoms with Gasteiger partial charge in [0, 0.05) is 24.7 Å². The molecule has 2 aromatic rings. The summed E-state index contributed by atoms with van der Waals surface area (Å²) in [4.78, 5) is 18.1. The van der Waals surface area contributed by atoms with Crippen molar-refractivity contribution in [2.75, 3.05) is 18.6 Å². The van der Waals surface area contributed by atoms with Gasteiger partial charge in [-0.05, 0) is 19.1 Å². The average molecular weight is 273 g/mol. The smallest absolute Gasteiger partial charge is 0.232 e. The Labute approximate surface area is 116 Å². The number of aryl methyl sites for hydroxylation is 1. The molecule has 1 aliphatic rings. The standard InChI is InChI=1S/C14H15N3O3/c1-9-15-14(20-16-9)10-6-13(18)17(8-10)11-4-3-5-12(7-11)19-2/h3-5,7,10H,6,8H2,1-2H3/t10-/m0/s1. The van der Waals surface area contributed by atoms with Crippen molar-refractivity contribution in [3.63, 3.8) is 0 Å². The molecule has 0 spiro atoms. The lowest BCUT2D eigenvalue weighted by Crippen LogP contribution is -2.24. The Morgan fingerprint density at radius 3 is 3.00 bits per heavy atom. The molecule has 0 bridgehead atoms. The van der Waals surface area contributed by atoms with E-state index in [9.17, 15) is 4.79 Å². The Bertz CT molecular complexity index is 638. The van der Waals surface area contributed by atoms with Crippen LogP contribution in [0.1, 0.15) is 24.1 Å². The Hall–Kier alpha value is -2.37. The second kappa shape index (κ2) is 4.96. The fraction of sp³-hybridized carbons (Fsp3) is 0.357. The summed E-state index contributed by atoms with van der Waals surface area (Å²) in [5, 5.41) is 3.78. The minimum Gasteiger partial charge on any atom is -0.497 e. The molecule has 1 fully saturated rings. The van der Waals surface area contributed by atoms with Crippen LogP contribution < -0.4 is 9.64 Å². The van der Waals surface area contributed by atoms with Crippen LogP contribution in [0.4, 0.5) is 5.69 Å². The Morgan fingerprint density at radius 1 is 1.45 bits per heavy atom. The summed E-state index contributed by atoms with van der Waals surface area (Å²) in [5.74, 6) is 1.86. The third-order valence-corrected chi connectivity index (χ3v) is 3.38. The Balaban J connectivity index is 1.83. The number of carbonyl (C=O) groups is 1. The van der Waals surface area contributed by atoms with Crippen molar-refractivity contribution in [2.24, 2.45) is 0 Å². The van der Waals surface area contributed by atoms with E-state index in [2.05, 4.69) is 10.1 Å². The van der Waals surface area contributed by atoms with E-state index in [-0.39, 0.29) is 11.8 Å². The van der Waals surface area contributed by atoms with Crippen LogP contribution in [0.5, 0.6) is 5.75 Å². The van der Waals surface area contributed by atoms with E-state index in [1.807, 2.05) is 24.3 Å². The fourth-order valence-electron chi connectivity index (χ4n) is 2.38. The summed E-state index contributed by atoms with van der Waals surface area (Å²) in [6.07, 6.45) is 0.388. The molecule has 20 heavy (non-hydrogen) atoms. The van der Waals surface area contributed by atoms with Crippen LogP contribution in [0, 0.1) is 6.92 Å². The second-order valence-corrected chi connectivity index (χ2v) is 4.79. The minimum absolute atomic E-state index is 0.0464. The summed E-state index contributed by atoms with van der Waals surface area (Å²) < 4.78 is 10.3. The second-order valence-electron chi connectivity index (χ2n) is 4.79. The van der Waals surface area contributed by atoms with Gasteiger partial charge in [0.25, 0.3) is 0 Å². The molecule has 0 aliphatic carbocycles. The Kier molecular flexibility index (Phi) is 3.14. The monoisotopic (exact) mass is 273 g/mol. The molecule has 2 heterocycles. The predicted octanol–water partition coefficient (Wildman–Crippen LogP) is 1.91. The summed E-state index contributed by atoms with van der Waals surface area (Å²) in [6.45, 7) is 2.32. The van der Waals surface area contributed by atoms with Gasteiger partial charge in [-0.2, -0.15) is 4.98 Å². The van der Waals surface area contributed by atoms with Gasteiger partial charge in [-0.1, -0.05) is 11.2 Å². The molecule has 0 unspecified atom stereocenters. The van der Waals surface area contributed by atoms with Crippen molar-refractivity contribution in [3.05, 3.63) is 36.0 Å². The van der Waals surface area contributed by atoms with Crippen LogP contribution in [0.3, 0.4) is 0 Å². The fourth-order valence-corrected chi connectivity index (χ4v) is 2.38. The minimum atomic E-state index is -0.0464. The maximum Gasteiger partial charge on any atom is 0.232 e. The molecule has 1 aliphatic heterocycles. The molecule has 1 aromatic heterocycles. The number of methoxy groups -OCH3 is 1. The molecule has 1 atom stereocenters.